The number of sulfonamides is 1. The maximum Gasteiger partial charge on any atom is 0.264 e. The van der Waals surface area contributed by atoms with Crippen LogP contribution >= 0.6 is 11.6 Å². The van der Waals surface area contributed by atoms with Crippen LogP contribution in [-0.4, -0.2) is 43.8 Å². The molecule has 1 aliphatic carbocycles. The number of nitrogens with zero attached hydrogens (tertiary/aromatic N) is 2. The van der Waals surface area contributed by atoms with Gasteiger partial charge in [0.1, 0.15) is 12.6 Å². The van der Waals surface area contributed by atoms with Gasteiger partial charge in [0, 0.05) is 17.6 Å². The van der Waals surface area contributed by atoms with Crippen LogP contribution in [0.5, 0.6) is 0 Å². The van der Waals surface area contributed by atoms with Crippen molar-refractivity contribution in [2.24, 2.45) is 0 Å². The lowest BCUT2D eigenvalue weighted by Crippen LogP contribution is -2.53. The van der Waals surface area contributed by atoms with Crippen molar-refractivity contribution in [1.29, 1.82) is 0 Å². The molecule has 224 valence electrons. The highest BCUT2D eigenvalue weighted by atomic mass is 35.5. The van der Waals surface area contributed by atoms with Crippen LogP contribution < -0.4 is 9.62 Å². The lowest BCUT2D eigenvalue weighted by atomic mass is 9.95. The summed E-state index contributed by atoms with van der Waals surface area (Å²) in [6, 6.07) is 18.2. The maximum atomic E-state index is 14.1. The van der Waals surface area contributed by atoms with E-state index in [0.717, 1.165) is 58.7 Å². The van der Waals surface area contributed by atoms with E-state index in [1.807, 2.05) is 32.9 Å². The van der Waals surface area contributed by atoms with E-state index in [9.17, 15) is 18.0 Å². The Bertz CT molecular complexity index is 1520. The first-order valence-corrected chi connectivity index (χ1v) is 16.3. The molecule has 0 heterocycles. The molecule has 0 unspecified atom stereocenters. The third-order valence-corrected chi connectivity index (χ3v) is 10.1. The molecule has 9 heteroatoms. The molecule has 1 atom stereocenters. The van der Waals surface area contributed by atoms with Gasteiger partial charge in [0.25, 0.3) is 10.0 Å². The Balaban J connectivity index is 1.69. The van der Waals surface area contributed by atoms with Gasteiger partial charge in [-0.05, 0) is 93.6 Å². The van der Waals surface area contributed by atoms with Crippen molar-refractivity contribution in [3.05, 3.63) is 94.0 Å². The Morgan fingerprint density at radius 1 is 0.929 bits per heavy atom. The zero-order valence-electron chi connectivity index (χ0n) is 24.8. The van der Waals surface area contributed by atoms with Crippen LogP contribution in [0, 0.1) is 20.8 Å². The van der Waals surface area contributed by atoms with E-state index in [-0.39, 0.29) is 23.4 Å². The molecule has 7 nitrogen and oxygen atoms in total. The molecule has 1 N–H and O–H groups in total. The Hall–Kier alpha value is -3.36. The fourth-order valence-electron chi connectivity index (χ4n) is 5.23. The third kappa shape index (κ3) is 7.72. The van der Waals surface area contributed by atoms with Gasteiger partial charge in [-0.1, -0.05) is 66.8 Å². The molecule has 1 fully saturated rings. The second kappa shape index (κ2) is 13.7. The summed E-state index contributed by atoms with van der Waals surface area (Å²) in [6.07, 6.45) is 5.11. The van der Waals surface area contributed by atoms with Gasteiger partial charge in [-0.3, -0.25) is 13.9 Å². The molecule has 0 spiro atoms. The monoisotopic (exact) mass is 609 g/mol. The number of amides is 2. The average Bonchev–Trinajstić information content (AvgIpc) is 2.96. The van der Waals surface area contributed by atoms with E-state index in [1.165, 1.54) is 4.90 Å². The number of rotatable bonds is 10. The number of halogens is 1. The molecule has 1 aliphatic rings. The molecule has 42 heavy (non-hydrogen) atoms. The van der Waals surface area contributed by atoms with Crippen molar-refractivity contribution in [3.63, 3.8) is 0 Å². The number of aryl methyl sites for hydroxylation is 3. The molecule has 2 amide bonds. The Morgan fingerprint density at radius 3 is 2.26 bits per heavy atom. The summed E-state index contributed by atoms with van der Waals surface area (Å²) in [6.45, 7) is 7.05. The first-order valence-electron chi connectivity index (χ1n) is 14.5. The number of carbonyl (C=O) groups is 2. The van der Waals surface area contributed by atoms with E-state index >= 15 is 0 Å². The lowest BCUT2D eigenvalue weighted by molar-refractivity contribution is -0.139. The smallest absolute Gasteiger partial charge is 0.264 e. The highest BCUT2D eigenvalue weighted by Gasteiger charge is 2.33. The van der Waals surface area contributed by atoms with Crippen molar-refractivity contribution in [2.45, 2.75) is 83.3 Å². The topological polar surface area (TPSA) is 86.8 Å². The predicted octanol–water partition coefficient (Wildman–Crippen LogP) is 6.33. The van der Waals surface area contributed by atoms with E-state index < -0.39 is 28.5 Å². The number of carbonyl (C=O) groups excluding carboxylic acids is 2. The second-order valence-corrected chi connectivity index (χ2v) is 13.6. The molecule has 0 bridgehead atoms. The number of hydrogen-bond donors (Lipinski definition) is 1. The lowest BCUT2D eigenvalue weighted by Gasteiger charge is -2.33. The minimum Gasteiger partial charge on any atom is -0.352 e. The minimum absolute atomic E-state index is 0.0748. The van der Waals surface area contributed by atoms with Gasteiger partial charge in [0.2, 0.25) is 11.8 Å². The highest BCUT2D eigenvalue weighted by molar-refractivity contribution is 7.92. The predicted molar refractivity (Wildman–Crippen MR) is 168 cm³/mol. The van der Waals surface area contributed by atoms with Gasteiger partial charge in [0.15, 0.2) is 0 Å². The summed E-state index contributed by atoms with van der Waals surface area (Å²) in [4.78, 5) is 29.1. The molecular weight excluding hydrogens is 570 g/mol. The molecule has 4 rings (SSSR count). The number of anilines is 1. The standard InChI is InChI=1S/C33H40ClN3O4S/c1-23-13-17-31(18-14-23)42(40,41)37(30-16-15-24(2)25(3)19-30)22-32(38)36(21-27-9-8-10-28(34)20-27)26(4)33(39)35-29-11-6-5-7-12-29/h8-10,13-20,26,29H,5-7,11-12,21-22H2,1-4H3,(H,35,39)/t26-/m0/s1. The van der Waals surface area contributed by atoms with Crippen molar-refractivity contribution in [2.75, 3.05) is 10.8 Å². The van der Waals surface area contributed by atoms with E-state index in [0.29, 0.717) is 10.7 Å². The third-order valence-electron chi connectivity index (χ3n) is 8.03. The summed E-state index contributed by atoms with van der Waals surface area (Å²) in [5, 5.41) is 3.63. The van der Waals surface area contributed by atoms with Crippen molar-refractivity contribution < 1.29 is 18.0 Å². The first-order chi connectivity index (χ1) is 20.0. The average molecular weight is 610 g/mol. The molecule has 0 aliphatic heterocycles. The largest absolute Gasteiger partial charge is 0.352 e. The fraction of sp³-hybridized carbons (Fsp3) is 0.394. The number of benzene rings is 3. The van der Waals surface area contributed by atoms with Crippen molar-refractivity contribution in [1.82, 2.24) is 10.2 Å². The number of hydrogen-bond acceptors (Lipinski definition) is 4. The van der Waals surface area contributed by atoms with Crippen LogP contribution in [0.2, 0.25) is 5.02 Å². The van der Waals surface area contributed by atoms with Crippen LogP contribution in [0.4, 0.5) is 5.69 Å². The molecule has 0 radical (unpaired) electrons. The van der Waals surface area contributed by atoms with Crippen LogP contribution in [0.3, 0.4) is 0 Å². The Labute approximate surface area is 254 Å². The number of nitrogens with one attached hydrogen (secondary N) is 1. The Kier molecular flexibility index (Phi) is 10.3. The van der Waals surface area contributed by atoms with Gasteiger partial charge in [-0.25, -0.2) is 8.42 Å². The quantitative estimate of drug-likeness (QED) is 0.291. The van der Waals surface area contributed by atoms with E-state index in [2.05, 4.69) is 5.32 Å². The molecular formula is C33H40ClN3O4S. The summed E-state index contributed by atoms with van der Waals surface area (Å²) in [5.74, 6) is -0.744. The summed E-state index contributed by atoms with van der Waals surface area (Å²) in [5.41, 5.74) is 3.96. The summed E-state index contributed by atoms with van der Waals surface area (Å²) >= 11 is 6.24. The normalized spacial score (nSPS) is 14.7. The first kappa shape index (κ1) is 31.6. The molecule has 1 saturated carbocycles. The highest BCUT2D eigenvalue weighted by Crippen LogP contribution is 2.27. The van der Waals surface area contributed by atoms with E-state index in [4.69, 9.17) is 11.6 Å². The van der Waals surface area contributed by atoms with Gasteiger partial charge >= 0.3 is 0 Å². The van der Waals surface area contributed by atoms with Gasteiger partial charge < -0.3 is 10.2 Å². The zero-order valence-corrected chi connectivity index (χ0v) is 26.3. The maximum absolute atomic E-state index is 14.1. The van der Waals surface area contributed by atoms with Gasteiger partial charge in [-0.15, -0.1) is 0 Å². The van der Waals surface area contributed by atoms with Crippen molar-refractivity contribution in [3.8, 4) is 0 Å². The fourth-order valence-corrected chi connectivity index (χ4v) is 6.85. The second-order valence-electron chi connectivity index (χ2n) is 11.3. The van der Waals surface area contributed by atoms with Crippen molar-refractivity contribution >= 4 is 39.1 Å². The summed E-state index contributed by atoms with van der Waals surface area (Å²) < 4.78 is 29.2. The van der Waals surface area contributed by atoms with Crippen LogP contribution in [0.1, 0.15) is 61.3 Å². The van der Waals surface area contributed by atoms with Gasteiger partial charge in [0.05, 0.1) is 10.6 Å². The Morgan fingerprint density at radius 2 is 1.62 bits per heavy atom. The molecule has 0 saturated heterocycles. The van der Waals surface area contributed by atoms with Crippen LogP contribution in [0.25, 0.3) is 0 Å². The minimum atomic E-state index is -4.11. The van der Waals surface area contributed by atoms with Gasteiger partial charge in [-0.2, -0.15) is 0 Å². The SMILES string of the molecule is Cc1ccc(S(=O)(=O)N(CC(=O)N(Cc2cccc(Cl)c2)[C@@H](C)C(=O)NC2CCCCC2)c2ccc(C)c(C)c2)cc1. The molecule has 0 aromatic heterocycles. The molecule has 3 aromatic rings. The summed E-state index contributed by atoms with van der Waals surface area (Å²) in [7, 11) is -4.11. The van der Waals surface area contributed by atoms with Crippen LogP contribution in [0.15, 0.2) is 71.6 Å². The molecule has 3 aromatic carbocycles. The van der Waals surface area contributed by atoms with E-state index in [1.54, 1.807) is 61.5 Å². The van der Waals surface area contributed by atoms with Crippen LogP contribution in [-0.2, 0) is 26.2 Å². The zero-order chi connectivity index (χ0) is 30.4.